The molecule has 2 aromatic rings. The molecule has 0 unspecified atom stereocenters. The van der Waals surface area contributed by atoms with Crippen molar-refractivity contribution in [3.8, 4) is 0 Å². The molecule has 2 rings (SSSR count). The first-order valence-corrected chi connectivity index (χ1v) is 8.13. The summed E-state index contributed by atoms with van der Waals surface area (Å²) >= 11 is 0. The summed E-state index contributed by atoms with van der Waals surface area (Å²) in [5, 5.41) is 0. The van der Waals surface area contributed by atoms with Crippen LogP contribution in [0.4, 0.5) is 5.69 Å². The Hall–Kier alpha value is -2.41. The van der Waals surface area contributed by atoms with E-state index in [1.54, 1.807) is 44.3 Å². The summed E-state index contributed by atoms with van der Waals surface area (Å²) < 4.78 is 27.2. The molecule has 1 heterocycles. The average molecular weight is 319 g/mol. The summed E-state index contributed by atoms with van der Waals surface area (Å²) in [6.45, 7) is 3.49. The van der Waals surface area contributed by atoms with Crippen LogP contribution in [0.1, 0.15) is 24.2 Å². The van der Waals surface area contributed by atoms with Crippen molar-refractivity contribution in [2.75, 3.05) is 4.31 Å². The minimum absolute atomic E-state index is 0.0305. The van der Waals surface area contributed by atoms with Gasteiger partial charge in [-0.2, -0.15) is 0 Å². The lowest BCUT2D eigenvalue weighted by molar-refractivity contribution is 0.0997. The van der Waals surface area contributed by atoms with Crippen molar-refractivity contribution in [3.05, 3.63) is 54.4 Å². The Labute approximate surface area is 129 Å². The Morgan fingerprint density at radius 2 is 1.86 bits per heavy atom. The number of primary amides is 1. The van der Waals surface area contributed by atoms with Gasteiger partial charge < -0.3 is 5.73 Å². The first-order valence-electron chi connectivity index (χ1n) is 6.69. The molecule has 0 aliphatic carbocycles. The average Bonchev–Trinajstić information content (AvgIpc) is 2.47. The van der Waals surface area contributed by atoms with Crippen LogP contribution in [0, 0.1) is 0 Å². The van der Waals surface area contributed by atoms with Crippen molar-refractivity contribution in [1.29, 1.82) is 0 Å². The molecule has 1 aromatic heterocycles. The van der Waals surface area contributed by atoms with E-state index in [9.17, 15) is 13.2 Å². The van der Waals surface area contributed by atoms with Gasteiger partial charge >= 0.3 is 0 Å². The van der Waals surface area contributed by atoms with Crippen LogP contribution in [0.5, 0.6) is 0 Å². The van der Waals surface area contributed by atoms with Gasteiger partial charge in [-0.05, 0) is 38.1 Å². The molecular formula is C15H17N3O3S. The molecule has 22 heavy (non-hydrogen) atoms. The van der Waals surface area contributed by atoms with Crippen LogP contribution in [0.2, 0.25) is 0 Å². The van der Waals surface area contributed by atoms with Crippen molar-refractivity contribution < 1.29 is 13.2 Å². The van der Waals surface area contributed by atoms with E-state index >= 15 is 0 Å². The quantitative estimate of drug-likeness (QED) is 0.909. The van der Waals surface area contributed by atoms with E-state index in [1.807, 2.05) is 0 Å². The highest BCUT2D eigenvalue weighted by Gasteiger charge is 2.30. The maximum atomic E-state index is 13.0. The molecule has 0 saturated carbocycles. The number of sulfonamides is 1. The second-order valence-corrected chi connectivity index (χ2v) is 6.75. The molecule has 0 aliphatic rings. The molecule has 0 radical (unpaired) electrons. The fourth-order valence-corrected chi connectivity index (χ4v) is 4.05. The summed E-state index contributed by atoms with van der Waals surface area (Å²) in [6.07, 6.45) is 3.02. The van der Waals surface area contributed by atoms with Crippen molar-refractivity contribution in [2.24, 2.45) is 5.73 Å². The number of aromatic nitrogens is 1. The Kier molecular flexibility index (Phi) is 4.46. The highest BCUT2D eigenvalue weighted by molar-refractivity contribution is 7.93. The SMILES string of the molecule is CC(C)N(c1cccnc1)S(=O)(=O)c1ccccc1C(N)=O. The molecule has 7 heteroatoms. The number of pyridine rings is 1. The first-order chi connectivity index (χ1) is 10.4. The predicted molar refractivity (Wildman–Crippen MR) is 84.0 cm³/mol. The topological polar surface area (TPSA) is 93.4 Å². The van der Waals surface area contributed by atoms with Crippen LogP contribution in [0.15, 0.2) is 53.7 Å². The molecule has 1 amide bonds. The number of carbonyl (C=O) groups excluding carboxylic acids is 1. The Balaban J connectivity index is 2.64. The third kappa shape index (κ3) is 2.94. The molecule has 0 atom stereocenters. The number of rotatable bonds is 5. The Morgan fingerprint density at radius 1 is 1.18 bits per heavy atom. The lowest BCUT2D eigenvalue weighted by Gasteiger charge is -2.28. The van der Waals surface area contributed by atoms with E-state index < -0.39 is 15.9 Å². The van der Waals surface area contributed by atoms with Crippen LogP contribution in [0.25, 0.3) is 0 Å². The Bertz CT molecular complexity index is 774. The van der Waals surface area contributed by atoms with Gasteiger partial charge in [-0.1, -0.05) is 12.1 Å². The zero-order valence-electron chi connectivity index (χ0n) is 12.3. The summed E-state index contributed by atoms with van der Waals surface area (Å²) in [5.74, 6) is -0.783. The van der Waals surface area contributed by atoms with Crippen molar-refractivity contribution in [3.63, 3.8) is 0 Å². The van der Waals surface area contributed by atoms with Gasteiger partial charge in [0.25, 0.3) is 10.0 Å². The monoisotopic (exact) mass is 319 g/mol. The van der Waals surface area contributed by atoms with Crippen LogP contribution in [0.3, 0.4) is 0 Å². The summed E-state index contributed by atoms with van der Waals surface area (Å²) in [7, 11) is -3.94. The number of hydrogen-bond donors (Lipinski definition) is 1. The predicted octanol–water partition coefficient (Wildman–Crippen LogP) is 1.78. The van der Waals surface area contributed by atoms with E-state index in [2.05, 4.69) is 4.98 Å². The van der Waals surface area contributed by atoms with Crippen molar-refractivity contribution in [2.45, 2.75) is 24.8 Å². The lowest BCUT2D eigenvalue weighted by Crippen LogP contribution is -2.38. The molecule has 116 valence electrons. The van der Waals surface area contributed by atoms with E-state index in [-0.39, 0.29) is 16.5 Å². The highest BCUT2D eigenvalue weighted by atomic mass is 32.2. The second-order valence-electron chi connectivity index (χ2n) is 4.97. The second kappa shape index (κ2) is 6.15. The van der Waals surface area contributed by atoms with Gasteiger partial charge in [0.1, 0.15) is 4.90 Å². The summed E-state index contributed by atoms with van der Waals surface area (Å²) in [5.41, 5.74) is 5.69. The van der Waals surface area contributed by atoms with E-state index in [0.29, 0.717) is 5.69 Å². The summed E-state index contributed by atoms with van der Waals surface area (Å²) in [4.78, 5) is 15.4. The van der Waals surface area contributed by atoms with Gasteiger partial charge in [0.05, 0.1) is 17.4 Å². The fraction of sp³-hybridized carbons (Fsp3) is 0.200. The van der Waals surface area contributed by atoms with Gasteiger partial charge in [0, 0.05) is 12.2 Å². The number of nitrogens with zero attached hydrogens (tertiary/aromatic N) is 2. The highest BCUT2D eigenvalue weighted by Crippen LogP contribution is 2.27. The lowest BCUT2D eigenvalue weighted by atomic mass is 10.2. The molecule has 0 aliphatic heterocycles. The molecule has 1 aromatic carbocycles. The van der Waals surface area contributed by atoms with Crippen molar-refractivity contribution >= 4 is 21.6 Å². The fourth-order valence-electron chi connectivity index (χ4n) is 2.20. The van der Waals surface area contributed by atoms with Crippen LogP contribution in [-0.2, 0) is 10.0 Å². The van der Waals surface area contributed by atoms with E-state index in [4.69, 9.17) is 5.73 Å². The molecular weight excluding hydrogens is 302 g/mol. The molecule has 2 N–H and O–H groups in total. The van der Waals surface area contributed by atoms with Crippen LogP contribution >= 0.6 is 0 Å². The number of hydrogen-bond acceptors (Lipinski definition) is 4. The number of nitrogens with two attached hydrogens (primary N) is 1. The van der Waals surface area contributed by atoms with Gasteiger partial charge in [-0.25, -0.2) is 8.42 Å². The number of benzene rings is 1. The summed E-state index contributed by atoms with van der Waals surface area (Å²) in [6, 6.07) is 8.86. The number of amides is 1. The third-order valence-corrected chi connectivity index (χ3v) is 5.12. The largest absolute Gasteiger partial charge is 0.366 e. The minimum Gasteiger partial charge on any atom is -0.366 e. The van der Waals surface area contributed by atoms with E-state index in [0.717, 1.165) is 0 Å². The van der Waals surface area contributed by atoms with Gasteiger partial charge in [0.2, 0.25) is 5.91 Å². The van der Waals surface area contributed by atoms with Gasteiger partial charge in [0.15, 0.2) is 0 Å². The molecule has 6 nitrogen and oxygen atoms in total. The van der Waals surface area contributed by atoms with E-state index in [1.165, 1.54) is 22.6 Å². The van der Waals surface area contributed by atoms with Crippen molar-refractivity contribution in [1.82, 2.24) is 4.98 Å². The third-order valence-electron chi connectivity index (χ3n) is 3.06. The molecule has 0 spiro atoms. The van der Waals surface area contributed by atoms with Crippen LogP contribution in [-0.4, -0.2) is 25.4 Å². The van der Waals surface area contributed by atoms with Gasteiger partial charge in [-0.3, -0.25) is 14.1 Å². The number of carbonyl (C=O) groups is 1. The maximum absolute atomic E-state index is 13.0. The zero-order chi connectivity index (χ0) is 16.3. The standard InChI is InChI=1S/C15H17N3O3S/c1-11(2)18(12-6-5-9-17-10-12)22(20,21)14-8-4-3-7-13(14)15(16)19/h3-11H,1-2H3,(H2,16,19). The van der Waals surface area contributed by atoms with Crippen LogP contribution < -0.4 is 10.0 Å². The Morgan fingerprint density at radius 3 is 2.41 bits per heavy atom. The molecule has 0 bridgehead atoms. The smallest absolute Gasteiger partial charge is 0.265 e. The molecule has 0 saturated heterocycles. The zero-order valence-corrected chi connectivity index (χ0v) is 13.1. The first kappa shape index (κ1) is 16.0. The normalized spacial score (nSPS) is 11.4. The number of anilines is 1. The maximum Gasteiger partial charge on any atom is 0.265 e. The van der Waals surface area contributed by atoms with Gasteiger partial charge in [-0.15, -0.1) is 0 Å². The minimum atomic E-state index is -3.94. The molecule has 0 fully saturated rings.